The van der Waals surface area contributed by atoms with Crippen LogP contribution in [0.5, 0.6) is 17.2 Å². The van der Waals surface area contributed by atoms with Crippen molar-refractivity contribution in [3.8, 4) is 23.3 Å². The third-order valence-corrected chi connectivity index (χ3v) is 13.5. The molecular weight excluding hydrogens is 855 g/mol. The molecule has 1 aliphatic heterocycles. The second-order valence-corrected chi connectivity index (χ2v) is 17.7. The zero-order chi connectivity index (χ0) is 46.3. The zero-order valence-electron chi connectivity index (χ0n) is 37.6. The third kappa shape index (κ3) is 11.2. The van der Waals surface area contributed by atoms with Gasteiger partial charge in [-0.25, -0.2) is 0 Å². The number of nitriles is 1. The van der Waals surface area contributed by atoms with Crippen LogP contribution in [-0.2, 0) is 20.9 Å². The van der Waals surface area contributed by atoms with Crippen LogP contribution in [-0.4, -0.2) is 96.1 Å². The Morgan fingerprint density at radius 3 is 2.38 bits per heavy atom. The van der Waals surface area contributed by atoms with Crippen molar-refractivity contribution < 1.29 is 43.9 Å². The van der Waals surface area contributed by atoms with Crippen molar-refractivity contribution in [3.05, 3.63) is 144 Å². The van der Waals surface area contributed by atoms with Gasteiger partial charge in [0.2, 0.25) is 5.79 Å². The molecule has 348 valence electrons. The van der Waals surface area contributed by atoms with Gasteiger partial charge < -0.3 is 44.0 Å². The third-order valence-electron chi connectivity index (χ3n) is 12.8. The number of rotatable bonds is 24. The van der Waals surface area contributed by atoms with Gasteiger partial charge in [-0.15, -0.1) is 18.3 Å². The fourth-order valence-corrected chi connectivity index (χ4v) is 10.2. The Kier molecular flexibility index (Phi) is 17.5. The summed E-state index contributed by atoms with van der Waals surface area (Å²) in [5, 5.41) is 44.2. The number of carbonyl (C=O) groups is 1. The molecule has 1 fully saturated rings. The molecule has 1 heterocycles. The Morgan fingerprint density at radius 2 is 1.68 bits per heavy atom. The summed E-state index contributed by atoms with van der Waals surface area (Å²) in [4.78, 5) is 24.3. The SMILES string of the molecule is C=CCOC12Oc3ccc(Oc4ccc(SC)cc4)cc3C3C(CCCCO)C(CCCCO)C=C(C(=NOCc4ccccc4)CC1N(CCOCCO)C(=O)c1ccc(C#N)cc1)C32. The van der Waals surface area contributed by atoms with Crippen LogP contribution >= 0.6 is 11.8 Å². The predicted octanol–water partition coefficient (Wildman–Crippen LogP) is 9.06. The number of thioether (sulfide) groups is 1. The molecule has 0 radical (unpaired) electrons. The fraction of sp³-hybridized carbons (Fsp3) is 0.415. The van der Waals surface area contributed by atoms with Crippen molar-refractivity contribution in [2.24, 2.45) is 22.9 Å². The minimum atomic E-state index is -1.50. The molecule has 1 saturated carbocycles. The number of carbonyl (C=O) groups excluding carboxylic acids is 1. The zero-order valence-corrected chi connectivity index (χ0v) is 38.5. The molecule has 6 unspecified atom stereocenters. The quantitative estimate of drug-likeness (QED) is 0.0266. The van der Waals surface area contributed by atoms with Crippen molar-refractivity contribution in [3.63, 3.8) is 0 Å². The largest absolute Gasteiger partial charge is 0.459 e. The molecule has 13 heteroatoms. The number of nitrogens with zero attached hydrogens (tertiary/aromatic N) is 3. The molecule has 0 spiro atoms. The summed E-state index contributed by atoms with van der Waals surface area (Å²) in [6.07, 6.45) is 10.7. The number of aliphatic hydroxyl groups excluding tert-OH is 3. The number of ether oxygens (including phenoxy) is 4. The standard InChI is InChI=1S/C53H61N3O9S/c1-3-29-62-53-49(56(25-30-61-31-28-59)52(60)39-17-15-37(35-54)16-18-39)34-47(55-63-36-38-11-5-4-6-12-38)45-32-40(13-7-9-26-57)44(14-8-10-27-58)50(51(45)53)46-33-42(21-24-48(46)65-53)64-41-19-22-43(66-2)23-20-41/h3-6,11-12,15-24,32-33,40,44,49-51,57-59H,1,7-10,13-14,25-31,34,36H2,2H3. The van der Waals surface area contributed by atoms with Gasteiger partial charge in [0.15, 0.2) is 0 Å². The Morgan fingerprint density at radius 1 is 0.939 bits per heavy atom. The maximum Gasteiger partial charge on any atom is 0.254 e. The monoisotopic (exact) mass is 915 g/mol. The van der Waals surface area contributed by atoms with E-state index in [0.717, 1.165) is 47.3 Å². The molecule has 6 atom stereocenters. The van der Waals surface area contributed by atoms with E-state index in [9.17, 15) is 20.6 Å². The molecule has 0 saturated heterocycles. The van der Waals surface area contributed by atoms with Crippen LogP contribution in [0.15, 0.2) is 131 Å². The summed E-state index contributed by atoms with van der Waals surface area (Å²) in [6, 6.07) is 31.6. The highest BCUT2D eigenvalue weighted by atomic mass is 32.2. The highest BCUT2D eigenvalue weighted by Gasteiger charge is 2.65. The lowest BCUT2D eigenvalue weighted by atomic mass is 9.55. The number of hydrogen-bond acceptors (Lipinski definition) is 12. The Hall–Kier alpha value is -5.46. The van der Waals surface area contributed by atoms with Crippen LogP contribution in [0.1, 0.15) is 77.9 Å². The molecule has 66 heavy (non-hydrogen) atoms. The van der Waals surface area contributed by atoms with Gasteiger partial charge in [0.1, 0.15) is 29.9 Å². The highest BCUT2D eigenvalue weighted by molar-refractivity contribution is 7.98. The van der Waals surface area contributed by atoms with E-state index >= 15 is 4.79 Å². The van der Waals surface area contributed by atoms with E-state index in [1.165, 1.54) is 0 Å². The molecule has 12 nitrogen and oxygen atoms in total. The van der Waals surface area contributed by atoms with E-state index in [1.54, 1.807) is 47.0 Å². The molecular formula is C53H61N3O9S. The summed E-state index contributed by atoms with van der Waals surface area (Å²) < 4.78 is 27.0. The number of allylic oxidation sites excluding steroid dienone is 1. The van der Waals surface area contributed by atoms with Crippen LogP contribution in [0.25, 0.3) is 0 Å². The van der Waals surface area contributed by atoms with Crippen LogP contribution in [0.2, 0.25) is 0 Å². The van der Waals surface area contributed by atoms with E-state index in [1.807, 2.05) is 73.0 Å². The van der Waals surface area contributed by atoms with Crippen molar-refractivity contribution in [2.75, 3.05) is 52.4 Å². The molecule has 4 aromatic carbocycles. The van der Waals surface area contributed by atoms with Gasteiger partial charge in [0.25, 0.3) is 5.91 Å². The van der Waals surface area contributed by atoms with Gasteiger partial charge in [0, 0.05) is 48.1 Å². The fourth-order valence-electron chi connectivity index (χ4n) is 9.83. The van der Waals surface area contributed by atoms with E-state index in [-0.39, 0.29) is 82.9 Å². The predicted molar refractivity (Wildman–Crippen MR) is 255 cm³/mol. The topological polar surface area (TPSA) is 163 Å². The Labute approximate surface area is 392 Å². The van der Waals surface area contributed by atoms with Crippen molar-refractivity contribution in [1.29, 1.82) is 5.26 Å². The van der Waals surface area contributed by atoms with E-state index in [0.29, 0.717) is 46.9 Å². The van der Waals surface area contributed by atoms with Gasteiger partial charge in [-0.05, 0) is 122 Å². The molecule has 2 aliphatic carbocycles. The lowest BCUT2D eigenvalue weighted by molar-refractivity contribution is -0.254. The first-order chi connectivity index (χ1) is 32.4. The average molecular weight is 916 g/mol. The molecule has 7 rings (SSSR count). The first-order valence-electron chi connectivity index (χ1n) is 22.9. The molecule has 3 aliphatic rings. The number of oxime groups is 1. The van der Waals surface area contributed by atoms with E-state index < -0.39 is 17.7 Å². The second-order valence-electron chi connectivity index (χ2n) is 16.8. The maximum absolute atomic E-state index is 15.2. The lowest BCUT2D eigenvalue weighted by Crippen LogP contribution is -2.70. The molecule has 0 bridgehead atoms. The molecule has 1 amide bonds. The van der Waals surface area contributed by atoms with Crippen molar-refractivity contribution in [2.45, 2.75) is 74.2 Å². The van der Waals surface area contributed by atoms with Gasteiger partial charge in [-0.3, -0.25) is 4.79 Å². The lowest BCUT2D eigenvalue weighted by Gasteiger charge is -2.60. The molecule has 4 aromatic rings. The van der Waals surface area contributed by atoms with Crippen LogP contribution in [0, 0.1) is 29.1 Å². The number of aliphatic hydroxyl groups is 3. The van der Waals surface area contributed by atoms with E-state index in [4.69, 9.17) is 28.9 Å². The Bertz CT molecular complexity index is 2320. The van der Waals surface area contributed by atoms with Crippen molar-refractivity contribution in [1.82, 2.24) is 4.90 Å². The second kappa shape index (κ2) is 23.8. The van der Waals surface area contributed by atoms with Crippen LogP contribution in [0.3, 0.4) is 0 Å². The Balaban J connectivity index is 1.45. The number of hydrogen-bond donors (Lipinski definition) is 3. The first kappa shape index (κ1) is 48.5. The van der Waals surface area contributed by atoms with Gasteiger partial charge in [-0.2, -0.15) is 5.26 Å². The average Bonchev–Trinajstić information content (AvgIpc) is 3.35. The highest BCUT2D eigenvalue weighted by Crippen LogP contribution is 2.62. The normalized spacial score (nSPS) is 22.3. The van der Waals surface area contributed by atoms with E-state index in [2.05, 4.69) is 24.8 Å². The minimum absolute atomic E-state index is 0.00950. The number of amides is 1. The number of unbranched alkanes of at least 4 members (excludes halogenated alkanes) is 2. The van der Waals surface area contributed by atoms with Gasteiger partial charge in [0.05, 0.1) is 49.7 Å². The van der Waals surface area contributed by atoms with Gasteiger partial charge in [-0.1, -0.05) is 60.5 Å². The first-order valence-corrected chi connectivity index (χ1v) is 24.2. The van der Waals surface area contributed by atoms with Gasteiger partial charge >= 0.3 is 0 Å². The minimum Gasteiger partial charge on any atom is -0.459 e. The maximum atomic E-state index is 15.2. The number of benzene rings is 4. The summed E-state index contributed by atoms with van der Waals surface area (Å²) in [6.45, 7) is 4.65. The number of fused-ring (bicyclic) bond motifs is 2. The summed E-state index contributed by atoms with van der Waals surface area (Å²) in [5.74, 6) is -0.649. The summed E-state index contributed by atoms with van der Waals surface area (Å²) in [5.41, 5.74) is 4.24. The van der Waals surface area contributed by atoms with Crippen LogP contribution in [0.4, 0.5) is 0 Å². The van der Waals surface area contributed by atoms with Crippen LogP contribution < -0.4 is 9.47 Å². The molecule has 0 aromatic heterocycles. The molecule has 3 N–H and O–H groups in total. The van der Waals surface area contributed by atoms with Crippen molar-refractivity contribution >= 4 is 23.4 Å². The summed E-state index contributed by atoms with van der Waals surface area (Å²) in [7, 11) is 0. The summed E-state index contributed by atoms with van der Waals surface area (Å²) >= 11 is 1.66. The smallest absolute Gasteiger partial charge is 0.254 e.